The summed E-state index contributed by atoms with van der Waals surface area (Å²) in [4.78, 5) is 0. The average Bonchev–Trinajstić information content (AvgIpc) is 2.99. The quantitative estimate of drug-likeness (QED) is 0.736. The maximum Gasteiger partial charge on any atom is 0.120 e. The molecule has 0 aliphatic carbocycles. The van der Waals surface area contributed by atoms with Crippen LogP contribution >= 0.6 is 0 Å². The second-order valence-electron chi connectivity index (χ2n) is 5.63. The molecule has 23 heavy (non-hydrogen) atoms. The molecule has 4 nitrogen and oxygen atoms in total. The Morgan fingerprint density at radius 1 is 1.13 bits per heavy atom. The van der Waals surface area contributed by atoms with E-state index < -0.39 is 6.10 Å². The molecule has 0 aliphatic heterocycles. The van der Waals surface area contributed by atoms with E-state index in [0.717, 1.165) is 22.2 Å². The van der Waals surface area contributed by atoms with Gasteiger partial charge in [0.25, 0.3) is 0 Å². The highest BCUT2D eigenvalue weighted by molar-refractivity contribution is 5.82. The molecule has 120 valence electrons. The molecule has 2 aromatic carbocycles. The van der Waals surface area contributed by atoms with Crippen LogP contribution in [0.5, 0.6) is 5.75 Å². The summed E-state index contributed by atoms with van der Waals surface area (Å²) in [7, 11) is 3.51. The van der Waals surface area contributed by atoms with Gasteiger partial charge >= 0.3 is 0 Å². The summed E-state index contributed by atoms with van der Waals surface area (Å²) in [6, 6.07) is 18.0. The van der Waals surface area contributed by atoms with Gasteiger partial charge in [0, 0.05) is 18.8 Å². The summed E-state index contributed by atoms with van der Waals surface area (Å²) < 4.78 is 7.47. The molecule has 0 saturated carbocycles. The standard InChI is InChI=1S/C19H22N2O2/c1-20-13-18(22)19(15-6-4-3-5-7-15)21-11-10-14-8-9-16(23-2)12-17(14)21/h3-12,18-20,22H,13H2,1-2H3/t18-,19+/m1/s1. The van der Waals surface area contributed by atoms with Crippen LogP contribution in [0, 0.1) is 0 Å². The Morgan fingerprint density at radius 3 is 2.61 bits per heavy atom. The number of rotatable bonds is 6. The van der Waals surface area contributed by atoms with Gasteiger partial charge in [0.15, 0.2) is 0 Å². The van der Waals surface area contributed by atoms with E-state index in [1.807, 2.05) is 49.6 Å². The Hall–Kier alpha value is -2.30. The number of nitrogens with one attached hydrogen (secondary N) is 1. The Kier molecular flexibility index (Phi) is 4.65. The summed E-state index contributed by atoms with van der Waals surface area (Å²) in [6.07, 6.45) is 1.49. The van der Waals surface area contributed by atoms with E-state index in [2.05, 4.69) is 28.1 Å². The normalized spacial score (nSPS) is 13.9. The number of aliphatic hydroxyl groups excluding tert-OH is 1. The number of fused-ring (bicyclic) bond motifs is 1. The SMILES string of the molecule is CNC[C@@H](O)[C@H](c1ccccc1)n1ccc2ccc(OC)cc21. The predicted molar refractivity (Wildman–Crippen MR) is 93.0 cm³/mol. The number of hydrogen-bond donors (Lipinski definition) is 2. The van der Waals surface area contributed by atoms with Crippen molar-refractivity contribution < 1.29 is 9.84 Å². The van der Waals surface area contributed by atoms with Crippen LogP contribution in [0.3, 0.4) is 0 Å². The fraction of sp³-hybridized carbons (Fsp3) is 0.263. The second kappa shape index (κ2) is 6.86. The van der Waals surface area contributed by atoms with Crippen LogP contribution in [0.15, 0.2) is 60.8 Å². The molecular weight excluding hydrogens is 288 g/mol. The lowest BCUT2D eigenvalue weighted by Gasteiger charge is -2.26. The Bertz CT molecular complexity index is 767. The highest BCUT2D eigenvalue weighted by Gasteiger charge is 2.23. The van der Waals surface area contributed by atoms with Gasteiger partial charge in [0.05, 0.1) is 24.8 Å². The molecule has 0 spiro atoms. The van der Waals surface area contributed by atoms with Crippen molar-refractivity contribution in [3.8, 4) is 5.75 Å². The van der Waals surface area contributed by atoms with Gasteiger partial charge in [0.1, 0.15) is 5.75 Å². The molecule has 3 rings (SSSR count). The zero-order valence-electron chi connectivity index (χ0n) is 13.4. The number of hydrogen-bond acceptors (Lipinski definition) is 3. The summed E-state index contributed by atoms with van der Waals surface area (Å²) in [5, 5.41) is 14.9. The third kappa shape index (κ3) is 3.09. The third-order valence-corrected chi connectivity index (χ3v) is 4.15. The largest absolute Gasteiger partial charge is 0.497 e. The molecule has 0 aliphatic rings. The molecule has 0 bridgehead atoms. The third-order valence-electron chi connectivity index (χ3n) is 4.15. The topological polar surface area (TPSA) is 46.4 Å². The number of aliphatic hydroxyl groups is 1. The first-order chi connectivity index (χ1) is 11.2. The Morgan fingerprint density at radius 2 is 1.91 bits per heavy atom. The van der Waals surface area contributed by atoms with Gasteiger partial charge in [-0.05, 0) is 36.2 Å². The van der Waals surface area contributed by atoms with Crippen molar-refractivity contribution >= 4 is 10.9 Å². The van der Waals surface area contributed by atoms with Crippen LogP contribution in [0.1, 0.15) is 11.6 Å². The van der Waals surface area contributed by atoms with Crippen molar-refractivity contribution in [1.29, 1.82) is 0 Å². The lowest BCUT2D eigenvalue weighted by atomic mass is 10.0. The van der Waals surface area contributed by atoms with E-state index >= 15 is 0 Å². The maximum absolute atomic E-state index is 10.7. The van der Waals surface area contributed by atoms with Gasteiger partial charge in [0.2, 0.25) is 0 Å². The second-order valence-corrected chi connectivity index (χ2v) is 5.63. The van der Waals surface area contributed by atoms with Gasteiger partial charge in [-0.25, -0.2) is 0 Å². The molecule has 0 unspecified atom stereocenters. The van der Waals surface area contributed by atoms with Gasteiger partial charge in [-0.15, -0.1) is 0 Å². The molecule has 0 amide bonds. The van der Waals surface area contributed by atoms with Crippen LogP contribution in [-0.2, 0) is 0 Å². The van der Waals surface area contributed by atoms with Crippen LogP contribution in [-0.4, -0.2) is 36.5 Å². The molecule has 2 N–H and O–H groups in total. The summed E-state index contributed by atoms with van der Waals surface area (Å²) in [5.74, 6) is 0.812. The molecule has 0 fully saturated rings. The fourth-order valence-corrected chi connectivity index (χ4v) is 3.04. The Balaban J connectivity index is 2.13. The highest BCUT2D eigenvalue weighted by Crippen LogP contribution is 2.30. The van der Waals surface area contributed by atoms with Crippen molar-refractivity contribution in [1.82, 2.24) is 9.88 Å². The lowest BCUT2D eigenvalue weighted by Crippen LogP contribution is -2.33. The highest BCUT2D eigenvalue weighted by atomic mass is 16.5. The van der Waals surface area contributed by atoms with E-state index in [-0.39, 0.29) is 6.04 Å². The molecule has 0 saturated heterocycles. The average molecular weight is 310 g/mol. The predicted octanol–water partition coefficient (Wildman–Crippen LogP) is 2.82. The number of likely N-dealkylation sites (N-methyl/N-ethyl adjacent to an activating group) is 1. The van der Waals surface area contributed by atoms with Crippen molar-refractivity contribution in [2.75, 3.05) is 20.7 Å². The zero-order valence-corrected chi connectivity index (χ0v) is 13.4. The zero-order chi connectivity index (χ0) is 16.2. The molecule has 2 atom stereocenters. The van der Waals surface area contributed by atoms with Crippen molar-refractivity contribution in [2.24, 2.45) is 0 Å². The number of aromatic nitrogens is 1. The Labute approximate surface area is 136 Å². The number of ether oxygens (including phenoxy) is 1. The number of nitrogens with zero attached hydrogens (tertiary/aromatic N) is 1. The van der Waals surface area contributed by atoms with Crippen LogP contribution in [0.25, 0.3) is 10.9 Å². The van der Waals surface area contributed by atoms with Crippen LogP contribution in [0.4, 0.5) is 0 Å². The van der Waals surface area contributed by atoms with E-state index in [0.29, 0.717) is 6.54 Å². The van der Waals surface area contributed by atoms with E-state index in [9.17, 15) is 5.11 Å². The molecular formula is C19H22N2O2. The van der Waals surface area contributed by atoms with Crippen molar-refractivity contribution in [3.05, 3.63) is 66.4 Å². The van der Waals surface area contributed by atoms with Crippen LogP contribution < -0.4 is 10.1 Å². The van der Waals surface area contributed by atoms with E-state index in [4.69, 9.17) is 4.74 Å². The van der Waals surface area contributed by atoms with E-state index in [1.54, 1.807) is 7.11 Å². The van der Waals surface area contributed by atoms with Gasteiger partial charge in [-0.2, -0.15) is 0 Å². The molecule has 1 heterocycles. The minimum atomic E-state index is -0.538. The maximum atomic E-state index is 10.7. The smallest absolute Gasteiger partial charge is 0.120 e. The number of methoxy groups -OCH3 is 1. The number of benzene rings is 2. The molecule has 0 radical (unpaired) electrons. The lowest BCUT2D eigenvalue weighted by molar-refractivity contribution is 0.132. The molecule has 1 aromatic heterocycles. The summed E-state index contributed by atoms with van der Waals surface area (Å²) in [6.45, 7) is 0.517. The van der Waals surface area contributed by atoms with Crippen LogP contribution in [0.2, 0.25) is 0 Å². The monoisotopic (exact) mass is 310 g/mol. The minimum Gasteiger partial charge on any atom is -0.497 e. The first-order valence-corrected chi connectivity index (χ1v) is 7.77. The fourth-order valence-electron chi connectivity index (χ4n) is 3.04. The first-order valence-electron chi connectivity index (χ1n) is 7.77. The van der Waals surface area contributed by atoms with Gasteiger partial charge < -0.3 is 19.7 Å². The van der Waals surface area contributed by atoms with Gasteiger partial charge in [-0.1, -0.05) is 30.3 Å². The van der Waals surface area contributed by atoms with Crippen molar-refractivity contribution in [2.45, 2.75) is 12.1 Å². The summed E-state index contributed by atoms with van der Waals surface area (Å²) >= 11 is 0. The summed E-state index contributed by atoms with van der Waals surface area (Å²) in [5.41, 5.74) is 2.13. The van der Waals surface area contributed by atoms with Crippen molar-refractivity contribution in [3.63, 3.8) is 0 Å². The first kappa shape index (κ1) is 15.6. The minimum absolute atomic E-state index is 0.159. The van der Waals surface area contributed by atoms with E-state index in [1.165, 1.54) is 0 Å². The molecule has 4 heteroatoms. The van der Waals surface area contributed by atoms with Gasteiger partial charge in [-0.3, -0.25) is 0 Å². The molecule has 3 aromatic rings.